The molecule has 0 amide bonds. The van der Waals surface area contributed by atoms with Crippen LogP contribution in [-0.4, -0.2) is 27.8 Å². The summed E-state index contributed by atoms with van der Waals surface area (Å²) in [5, 5.41) is 15.4. The van der Waals surface area contributed by atoms with E-state index in [4.69, 9.17) is 0 Å². The number of nitro groups is 1. The molecule has 20 heavy (non-hydrogen) atoms. The molecule has 2 fully saturated rings. The summed E-state index contributed by atoms with van der Waals surface area (Å²) in [6, 6.07) is 0.386. The Labute approximate surface area is 119 Å². The Bertz CT molecular complexity index is 446. The Hall–Kier alpha value is -1.59. The summed E-state index contributed by atoms with van der Waals surface area (Å²) in [4.78, 5) is 13.0. The fourth-order valence-corrected chi connectivity index (χ4v) is 2.65. The highest BCUT2D eigenvalue weighted by Crippen LogP contribution is 2.41. The van der Waals surface area contributed by atoms with Crippen molar-refractivity contribution < 1.29 is 4.92 Å². The second-order valence-electron chi connectivity index (χ2n) is 5.19. The molecule has 1 aliphatic heterocycles. The van der Waals surface area contributed by atoms with Crippen LogP contribution in [0.5, 0.6) is 0 Å². The van der Waals surface area contributed by atoms with Crippen LogP contribution in [0, 0.1) is 10.1 Å². The molecule has 2 heterocycles. The summed E-state index contributed by atoms with van der Waals surface area (Å²) >= 11 is 0. The van der Waals surface area contributed by atoms with E-state index in [0.29, 0.717) is 6.04 Å². The van der Waals surface area contributed by atoms with Gasteiger partial charge >= 0.3 is 5.69 Å². The molecule has 1 saturated heterocycles. The number of aromatic nitrogens is 2. The molecule has 1 saturated carbocycles. The van der Waals surface area contributed by atoms with E-state index in [1.807, 2.05) is 18.5 Å². The summed E-state index contributed by atoms with van der Waals surface area (Å²) in [6.07, 6.45) is 8.29. The average molecular weight is 280 g/mol. The zero-order chi connectivity index (χ0) is 14.5. The predicted molar refractivity (Wildman–Crippen MR) is 79.2 cm³/mol. The van der Waals surface area contributed by atoms with Crippen LogP contribution < -0.4 is 4.90 Å². The van der Waals surface area contributed by atoms with Gasteiger partial charge in [-0.1, -0.05) is 26.7 Å². The van der Waals surface area contributed by atoms with Crippen molar-refractivity contribution in [3.05, 3.63) is 16.3 Å². The standard InChI is InChI=1S/C12H18N4O2.C2H6/c17-16(18)11-9-13-15(10-5-6-10)12(11)14-7-3-1-2-4-8-14;1-2/h9-10H,1-8H2;1-2H3. The van der Waals surface area contributed by atoms with Gasteiger partial charge < -0.3 is 4.90 Å². The number of rotatable bonds is 3. The second kappa shape index (κ2) is 6.72. The van der Waals surface area contributed by atoms with Gasteiger partial charge in [0.1, 0.15) is 6.20 Å². The first-order valence-electron chi connectivity index (χ1n) is 7.74. The Morgan fingerprint density at radius 1 is 1.20 bits per heavy atom. The van der Waals surface area contributed by atoms with Gasteiger partial charge in [0.2, 0.25) is 5.82 Å². The van der Waals surface area contributed by atoms with Crippen LogP contribution in [-0.2, 0) is 0 Å². The molecule has 2 aliphatic rings. The minimum atomic E-state index is -0.299. The molecule has 0 spiro atoms. The summed E-state index contributed by atoms with van der Waals surface area (Å²) in [5.41, 5.74) is 0.170. The van der Waals surface area contributed by atoms with Crippen LogP contribution >= 0.6 is 0 Å². The third-order valence-electron chi connectivity index (χ3n) is 3.75. The van der Waals surface area contributed by atoms with E-state index < -0.39 is 0 Å². The lowest BCUT2D eigenvalue weighted by atomic mass is 10.2. The molecule has 0 aromatic carbocycles. The molecule has 0 bridgehead atoms. The number of nitrogens with zero attached hydrogens (tertiary/aromatic N) is 4. The van der Waals surface area contributed by atoms with Gasteiger partial charge in [-0.2, -0.15) is 5.10 Å². The molecule has 0 unspecified atom stereocenters. The van der Waals surface area contributed by atoms with Crippen molar-refractivity contribution in [2.45, 2.75) is 58.4 Å². The topological polar surface area (TPSA) is 64.2 Å². The molecule has 0 N–H and O–H groups in total. The summed E-state index contributed by atoms with van der Waals surface area (Å²) in [6.45, 7) is 5.83. The molecule has 0 radical (unpaired) electrons. The highest BCUT2D eigenvalue weighted by molar-refractivity contribution is 5.58. The van der Waals surface area contributed by atoms with Gasteiger partial charge in [-0.3, -0.25) is 10.1 Å². The van der Waals surface area contributed by atoms with E-state index in [0.717, 1.165) is 44.6 Å². The van der Waals surface area contributed by atoms with Crippen molar-refractivity contribution in [1.82, 2.24) is 9.78 Å². The molecule has 1 aromatic heterocycles. The summed E-state index contributed by atoms with van der Waals surface area (Å²) in [5.74, 6) is 0.740. The second-order valence-corrected chi connectivity index (χ2v) is 5.19. The quantitative estimate of drug-likeness (QED) is 0.627. The Kier molecular flexibility index (Phi) is 4.98. The van der Waals surface area contributed by atoms with Gasteiger partial charge in [0, 0.05) is 13.1 Å². The van der Waals surface area contributed by atoms with Gasteiger partial charge in [0.25, 0.3) is 0 Å². The van der Waals surface area contributed by atoms with Crippen LogP contribution in [0.25, 0.3) is 0 Å². The number of hydrogen-bond acceptors (Lipinski definition) is 4. The van der Waals surface area contributed by atoms with E-state index in [2.05, 4.69) is 10.00 Å². The summed E-state index contributed by atoms with van der Waals surface area (Å²) in [7, 11) is 0. The first-order valence-corrected chi connectivity index (χ1v) is 7.74. The zero-order valence-corrected chi connectivity index (χ0v) is 12.4. The van der Waals surface area contributed by atoms with E-state index >= 15 is 0 Å². The highest BCUT2D eigenvalue weighted by atomic mass is 16.6. The molecule has 3 rings (SSSR count). The molecule has 1 aliphatic carbocycles. The minimum Gasteiger partial charge on any atom is -0.351 e. The van der Waals surface area contributed by atoms with E-state index in [-0.39, 0.29) is 10.6 Å². The summed E-state index contributed by atoms with van der Waals surface area (Å²) < 4.78 is 1.88. The van der Waals surface area contributed by atoms with Gasteiger partial charge in [-0.15, -0.1) is 0 Å². The third kappa shape index (κ3) is 3.11. The number of hydrogen-bond donors (Lipinski definition) is 0. The maximum absolute atomic E-state index is 11.1. The third-order valence-corrected chi connectivity index (χ3v) is 3.75. The normalized spacial score (nSPS) is 19.0. The molecule has 112 valence electrons. The highest BCUT2D eigenvalue weighted by Gasteiger charge is 2.34. The van der Waals surface area contributed by atoms with E-state index in [1.54, 1.807) is 0 Å². The number of anilines is 1. The lowest BCUT2D eigenvalue weighted by Gasteiger charge is -2.22. The molecule has 6 heteroatoms. The van der Waals surface area contributed by atoms with Crippen LogP contribution in [0.2, 0.25) is 0 Å². The van der Waals surface area contributed by atoms with Crippen molar-refractivity contribution in [3.8, 4) is 0 Å². The van der Waals surface area contributed by atoms with E-state index in [9.17, 15) is 10.1 Å². The molecule has 0 atom stereocenters. The van der Waals surface area contributed by atoms with Gasteiger partial charge in [0.05, 0.1) is 11.0 Å². The lowest BCUT2D eigenvalue weighted by molar-refractivity contribution is -0.384. The zero-order valence-electron chi connectivity index (χ0n) is 12.4. The van der Waals surface area contributed by atoms with Crippen molar-refractivity contribution in [2.24, 2.45) is 0 Å². The smallest absolute Gasteiger partial charge is 0.331 e. The molecule has 6 nitrogen and oxygen atoms in total. The first-order chi connectivity index (χ1) is 9.77. The van der Waals surface area contributed by atoms with Gasteiger partial charge in [0.15, 0.2) is 0 Å². The van der Waals surface area contributed by atoms with Crippen molar-refractivity contribution in [1.29, 1.82) is 0 Å². The van der Waals surface area contributed by atoms with Crippen LogP contribution in [0.15, 0.2) is 6.20 Å². The fourth-order valence-electron chi connectivity index (χ4n) is 2.65. The van der Waals surface area contributed by atoms with E-state index in [1.165, 1.54) is 19.0 Å². The predicted octanol–water partition coefficient (Wildman–Crippen LogP) is 3.53. The molecular weight excluding hydrogens is 256 g/mol. The minimum absolute atomic E-state index is 0.170. The maximum atomic E-state index is 11.1. The maximum Gasteiger partial charge on any atom is 0.331 e. The fraction of sp³-hybridized carbons (Fsp3) is 0.786. The van der Waals surface area contributed by atoms with Gasteiger partial charge in [-0.25, -0.2) is 4.68 Å². The van der Waals surface area contributed by atoms with Crippen molar-refractivity contribution in [2.75, 3.05) is 18.0 Å². The first kappa shape index (κ1) is 14.8. The average Bonchev–Trinajstić information content (AvgIpc) is 3.25. The Morgan fingerprint density at radius 2 is 1.80 bits per heavy atom. The molecular formula is C14H24N4O2. The van der Waals surface area contributed by atoms with Crippen LogP contribution in [0.1, 0.15) is 58.4 Å². The van der Waals surface area contributed by atoms with Crippen LogP contribution in [0.3, 0.4) is 0 Å². The SMILES string of the molecule is CC.O=[N+]([O-])c1cnn(C2CC2)c1N1CCCCCC1. The monoisotopic (exact) mass is 280 g/mol. The van der Waals surface area contributed by atoms with Crippen molar-refractivity contribution >= 4 is 11.5 Å². The van der Waals surface area contributed by atoms with Gasteiger partial charge in [-0.05, 0) is 25.7 Å². The van der Waals surface area contributed by atoms with Crippen LogP contribution in [0.4, 0.5) is 11.5 Å². The lowest BCUT2D eigenvalue weighted by Crippen LogP contribution is -2.27. The molecule has 1 aromatic rings. The largest absolute Gasteiger partial charge is 0.351 e. The Balaban J connectivity index is 0.000000704. The Morgan fingerprint density at radius 3 is 2.30 bits per heavy atom. The van der Waals surface area contributed by atoms with Crippen molar-refractivity contribution in [3.63, 3.8) is 0 Å².